The van der Waals surface area contributed by atoms with Gasteiger partial charge in [-0.25, -0.2) is 18.7 Å². The average Bonchev–Trinajstić information content (AvgIpc) is 3.51. The van der Waals surface area contributed by atoms with Gasteiger partial charge in [0.1, 0.15) is 35.3 Å². The SMILES string of the molecule is CCC(=O)N1C[C@@H](F)[C@H](NC(=O)c2c(C)[nH]c3c(-c4cc(F)ccc4OCC4CC4)ncnc23)C1. The molecule has 184 valence electrons. The Morgan fingerprint density at radius 1 is 1.26 bits per heavy atom. The van der Waals surface area contributed by atoms with Crippen LogP contribution in [0, 0.1) is 18.7 Å². The van der Waals surface area contributed by atoms with Crippen molar-refractivity contribution in [3.05, 3.63) is 41.6 Å². The highest BCUT2D eigenvalue weighted by Crippen LogP contribution is 2.36. The van der Waals surface area contributed by atoms with Crippen LogP contribution in [-0.2, 0) is 4.79 Å². The summed E-state index contributed by atoms with van der Waals surface area (Å²) in [6, 6.07) is 3.46. The van der Waals surface area contributed by atoms with Gasteiger partial charge >= 0.3 is 0 Å². The topological polar surface area (TPSA) is 100 Å². The van der Waals surface area contributed by atoms with Crippen molar-refractivity contribution in [2.24, 2.45) is 5.92 Å². The van der Waals surface area contributed by atoms with Gasteiger partial charge in [0.2, 0.25) is 5.91 Å². The first-order valence-corrected chi connectivity index (χ1v) is 11.8. The molecule has 5 rings (SSSR count). The van der Waals surface area contributed by atoms with Crippen LogP contribution in [0.1, 0.15) is 42.2 Å². The standard InChI is InChI=1S/C25H27F2N5O3/c1-3-20(33)32-9-17(27)18(10-32)31-25(34)21-13(2)30-24-22(28-12-29-23(21)24)16-8-15(26)6-7-19(16)35-11-14-4-5-14/h6-8,12,14,17-18,30H,3-5,9-11H2,1-2H3,(H,31,34)/t17-,18-/m1/s1. The summed E-state index contributed by atoms with van der Waals surface area (Å²) in [5.74, 6) is -0.0717. The Bertz CT molecular complexity index is 1290. The molecule has 35 heavy (non-hydrogen) atoms. The second kappa shape index (κ2) is 9.24. The lowest BCUT2D eigenvalue weighted by Crippen LogP contribution is -2.42. The van der Waals surface area contributed by atoms with Crippen molar-refractivity contribution in [1.29, 1.82) is 0 Å². The molecule has 8 nitrogen and oxygen atoms in total. The number of aryl methyl sites for hydroxylation is 1. The van der Waals surface area contributed by atoms with E-state index < -0.39 is 23.9 Å². The van der Waals surface area contributed by atoms with E-state index in [0.29, 0.717) is 46.3 Å². The van der Waals surface area contributed by atoms with Crippen molar-refractivity contribution < 1.29 is 23.1 Å². The predicted octanol–water partition coefficient (Wildman–Crippen LogP) is 3.55. The summed E-state index contributed by atoms with van der Waals surface area (Å²) >= 11 is 0. The first kappa shape index (κ1) is 23.2. The lowest BCUT2D eigenvalue weighted by molar-refractivity contribution is -0.130. The molecule has 1 aliphatic heterocycles. The summed E-state index contributed by atoms with van der Waals surface area (Å²) in [5, 5.41) is 2.72. The maximum atomic E-state index is 14.6. The van der Waals surface area contributed by atoms with Crippen LogP contribution in [0.3, 0.4) is 0 Å². The van der Waals surface area contributed by atoms with Crippen molar-refractivity contribution in [1.82, 2.24) is 25.2 Å². The predicted molar refractivity (Wildman–Crippen MR) is 125 cm³/mol. The molecule has 2 amide bonds. The van der Waals surface area contributed by atoms with Gasteiger partial charge in [-0.2, -0.15) is 0 Å². The van der Waals surface area contributed by atoms with Gasteiger partial charge < -0.3 is 19.9 Å². The Morgan fingerprint density at radius 2 is 2.06 bits per heavy atom. The molecule has 2 atom stereocenters. The molecular weight excluding hydrogens is 456 g/mol. The molecule has 1 saturated heterocycles. The molecule has 0 bridgehead atoms. The summed E-state index contributed by atoms with van der Waals surface area (Å²) in [6.45, 7) is 4.06. The molecular formula is C25H27F2N5O3. The number of benzene rings is 1. The maximum absolute atomic E-state index is 14.6. The minimum atomic E-state index is -1.36. The summed E-state index contributed by atoms with van der Waals surface area (Å²) in [5.41, 5.74) is 2.45. The van der Waals surface area contributed by atoms with E-state index in [1.165, 1.54) is 23.4 Å². The van der Waals surface area contributed by atoms with Crippen molar-refractivity contribution in [2.75, 3.05) is 19.7 Å². The van der Waals surface area contributed by atoms with Gasteiger partial charge in [0.15, 0.2) is 0 Å². The number of fused-ring (bicyclic) bond motifs is 1. The molecule has 2 aromatic heterocycles. The fourth-order valence-electron chi connectivity index (χ4n) is 4.48. The largest absolute Gasteiger partial charge is 0.493 e. The first-order valence-electron chi connectivity index (χ1n) is 11.8. The van der Waals surface area contributed by atoms with Crippen LogP contribution >= 0.6 is 0 Å². The van der Waals surface area contributed by atoms with E-state index in [1.54, 1.807) is 19.9 Å². The number of ether oxygens (including phenoxy) is 1. The minimum Gasteiger partial charge on any atom is -0.493 e. The highest BCUT2D eigenvalue weighted by molar-refractivity contribution is 6.09. The number of aromatic nitrogens is 3. The van der Waals surface area contributed by atoms with Crippen LogP contribution in [0.15, 0.2) is 24.5 Å². The molecule has 0 unspecified atom stereocenters. The van der Waals surface area contributed by atoms with Crippen molar-refractivity contribution in [3.8, 4) is 17.0 Å². The third-order valence-corrected chi connectivity index (χ3v) is 6.59. The molecule has 2 aliphatic rings. The van der Waals surface area contributed by atoms with Gasteiger partial charge in [0.25, 0.3) is 5.91 Å². The maximum Gasteiger partial charge on any atom is 0.255 e. The smallest absolute Gasteiger partial charge is 0.255 e. The van der Waals surface area contributed by atoms with Crippen molar-refractivity contribution in [3.63, 3.8) is 0 Å². The van der Waals surface area contributed by atoms with Crippen LogP contribution in [0.2, 0.25) is 0 Å². The molecule has 1 saturated carbocycles. The number of likely N-dealkylation sites (tertiary alicyclic amines) is 1. The molecule has 2 N–H and O–H groups in total. The zero-order valence-electron chi connectivity index (χ0n) is 19.6. The number of nitrogens with zero attached hydrogens (tertiary/aromatic N) is 3. The number of nitrogens with one attached hydrogen (secondary N) is 2. The Hall–Kier alpha value is -3.56. The number of hydrogen-bond acceptors (Lipinski definition) is 5. The molecule has 1 aromatic carbocycles. The summed E-state index contributed by atoms with van der Waals surface area (Å²) in [4.78, 5) is 38.4. The fraction of sp³-hybridized carbons (Fsp3) is 0.440. The molecule has 10 heteroatoms. The number of aromatic amines is 1. The van der Waals surface area contributed by atoms with E-state index in [9.17, 15) is 18.4 Å². The van der Waals surface area contributed by atoms with Gasteiger partial charge in [0, 0.05) is 24.2 Å². The lowest BCUT2D eigenvalue weighted by atomic mass is 10.1. The average molecular weight is 484 g/mol. The Labute approximate surface area is 201 Å². The fourth-order valence-corrected chi connectivity index (χ4v) is 4.48. The minimum absolute atomic E-state index is 0.0417. The van der Waals surface area contributed by atoms with E-state index >= 15 is 0 Å². The third kappa shape index (κ3) is 4.56. The Balaban J connectivity index is 1.46. The van der Waals surface area contributed by atoms with Crippen LogP contribution in [0.25, 0.3) is 22.3 Å². The zero-order chi connectivity index (χ0) is 24.7. The Kier molecular flexibility index (Phi) is 6.12. The van der Waals surface area contributed by atoms with E-state index in [-0.39, 0.29) is 31.0 Å². The number of carbonyl (C=O) groups excluding carboxylic acids is 2. The van der Waals surface area contributed by atoms with Gasteiger partial charge in [-0.05, 0) is 43.9 Å². The van der Waals surface area contributed by atoms with Gasteiger partial charge in [-0.15, -0.1) is 0 Å². The monoisotopic (exact) mass is 483 g/mol. The van der Waals surface area contributed by atoms with Crippen LogP contribution in [0.5, 0.6) is 5.75 Å². The number of rotatable bonds is 7. The number of amides is 2. The number of carbonyl (C=O) groups is 2. The van der Waals surface area contributed by atoms with Gasteiger partial charge in [-0.1, -0.05) is 6.92 Å². The molecule has 2 fully saturated rings. The van der Waals surface area contributed by atoms with E-state index in [0.717, 1.165) is 12.8 Å². The molecule has 3 heterocycles. The molecule has 0 spiro atoms. The van der Waals surface area contributed by atoms with Crippen LogP contribution in [-0.4, -0.2) is 63.6 Å². The normalized spacial score (nSPS) is 19.8. The van der Waals surface area contributed by atoms with Gasteiger partial charge in [0.05, 0.1) is 30.3 Å². The second-order valence-electron chi connectivity index (χ2n) is 9.21. The van der Waals surface area contributed by atoms with Crippen molar-refractivity contribution in [2.45, 2.75) is 45.3 Å². The highest BCUT2D eigenvalue weighted by atomic mass is 19.1. The zero-order valence-corrected chi connectivity index (χ0v) is 19.6. The van der Waals surface area contributed by atoms with Crippen LogP contribution < -0.4 is 10.1 Å². The van der Waals surface area contributed by atoms with E-state index in [1.807, 2.05) is 0 Å². The van der Waals surface area contributed by atoms with Crippen LogP contribution in [0.4, 0.5) is 8.78 Å². The second-order valence-corrected chi connectivity index (χ2v) is 9.21. The molecule has 3 aromatic rings. The summed E-state index contributed by atoms with van der Waals surface area (Å²) < 4.78 is 34.7. The molecule has 1 aliphatic carbocycles. The van der Waals surface area contributed by atoms with E-state index in [4.69, 9.17) is 4.74 Å². The van der Waals surface area contributed by atoms with Gasteiger partial charge in [-0.3, -0.25) is 9.59 Å². The highest BCUT2D eigenvalue weighted by Gasteiger charge is 2.36. The number of H-pyrrole nitrogens is 1. The lowest BCUT2D eigenvalue weighted by Gasteiger charge is -2.16. The number of halogens is 2. The van der Waals surface area contributed by atoms with Crippen molar-refractivity contribution >= 4 is 22.8 Å². The van der Waals surface area contributed by atoms with E-state index in [2.05, 4.69) is 20.3 Å². The molecule has 0 radical (unpaired) electrons. The Morgan fingerprint density at radius 3 is 2.80 bits per heavy atom. The number of hydrogen-bond donors (Lipinski definition) is 2. The first-order chi connectivity index (χ1) is 16.9. The number of alkyl halides is 1. The summed E-state index contributed by atoms with van der Waals surface area (Å²) in [7, 11) is 0. The quantitative estimate of drug-likeness (QED) is 0.535. The third-order valence-electron chi connectivity index (χ3n) is 6.59. The summed E-state index contributed by atoms with van der Waals surface area (Å²) in [6.07, 6.45) is 2.47.